The Hall–Kier alpha value is -3.07. The van der Waals surface area contributed by atoms with Gasteiger partial charge in [-0.15, -0.1) is 11.3 Å². The van der Waals surface area contributed by atoms with Crippen molar-refractivity contribution in [2.24, 2.45) is 0 Å². The zero-order valence-electron chi connectivity index (χ0n) is 13.3. The molecule has 4 rings (SSSR count). The first-order chi connectivity index (χ1) is 12.2. The van der Waals surface area contributed by atoms with Crippen molar-refractivity contribution in [1.82, 2.24) is 25.2 Å². The van der Waals surface area contributed by atoms with Gasteiger partial charge in [0, 0.05) is 11.9 Å². The van der Waals surface area contributed by atoms with Crippen LogP contribution in [0, 0.1) is 0 Å². The summed E-state index contributed by atoms with van der Waals surface area (Å²) in [5.74, 6) is 0.0731. The topological polar surface area (TPSA) is 94.8 Å². The number of esters is 1. The molecule has 0 bridgehead atoms. The van der Waals surface area contributed by atoms with E-state index in [0.29, 0.717) is 17.2 Å². The lowest BCUT2D eigenvalue weighted by atomic mass is 10.0. The summed E-state index contributed by atoms with van der Waals surface area (Å²) in [6.45, 7) is 2.01. The maximum atomic E-state index is 12.8. The number of allylic oxidation sites excluding steroid dienone is 1. The maximum absolute atomic E-state index is 12.8. The summed E-state index contributed by atoms with van der Waals surface area (Å²) in [5, 5.41) is 14.7. The molecule has 1 aromatic carbocycles. The Morgan fingerprint density at radius 2 is 2.20 bits per heavy atom. The molecule has 1 N–H and O–H groups in total. The van der Waals surface area contributed by atoms with Gasteiger partial charge in [0.25, 0.3) is 0 Å². The van der Waals surface area contributed by atoms with Crippen LogP contribution in [0.3, 0.4) is 0 Å². The van der Waals surface area contributed by atoms with E-state index in [4.69, 9.17) is 4.74 Å². The van der Waals surface area contributed by atoms with Gasteiger partial charge < -0.3 is 10.1 Å². The molecular formula is C16H14N6O2S. The van der Waals surface area contributed by atoms with Gasteiger partial charge in [0.15, 0.2) is 0 Å². The molecule has 8 nitrogen and oxygen atoms in total. The lowest BCUT2D eigenvalue weighted by Crippen LogP contribution is -2.29. The Kier molecular flexibility index (Phi) is 3.98. The van der Waals surface area contributed by atoms with E-state index in [0.717, 1.165) is 10.4 Å². The van der Waals surface area contributed by atoms with Crippen LogP contribution in [0.1, 0.15) is 23.4 Å². The normalized spacial score (nSPS) is 16.3. The summed E-state index contributed by atoms with van der Waals surface area (Å²) in [5.41, 5.74) is 3.78. The van der Waals surface area contributed by atoms with Crippen molar-refractivity contribution in [2.45, 2.75) is 19.6 Å². The van der Waals surface area contributed by atoms with E-state index in [1.807, 2.05) is 37.3 Å². The summed E-state index contributed by atoms with van der Waals surface area (Å²) in [4.78, 5) is 17.8. The second-order valence-corrected chi connectivity index (χ2v) is 6.40. The van der Waals surface area contributed by atoms with Crippen LogP contribution in [-0.2, 0) is 16.1 Å². The molecule has 0 spiro atoms. The van der Waals surface area contributed by atoms with Crippen molar-refractivity contribution in [3.63, 3.8) is 0 Å². The Balaban J connectivity index is 1.65. The SMILES string of the molecule is CC1=C(C(=O)OCc2ccccc2)C(c2cncs2)n2nnnc2N1. The first kappa shape index (κ1) is 15.5. The smallest absolute Gasteiger partial charge is 0.338 e. The van der Waals surface area contributed by atoms with Crippen LogP contribution in [0.25, 0.3) is 0 Å². The molecule has 1 unspecified atom stereocenters. The minimum atomic E-state index is -0.456. The molecule has 1 atom stereocenters. The van der Waals surface area contributed by atoms with E-state index in [-0.39, 0.29) is 6.61 Å². The molecule has 0 aliphatic carbocycles. The summed E-state index contributed by atoms with van der Waals surface area (Å²) in [7, 11) is 0. The Bertz CT molecular complexity index is 919. The first-order valence-corrected chi connectivity index (χ1v) is 8.47. The number of hydrogen-bond acceptors (Lipinski definition) is 8. The van der Waals surface area contributed by atoms with Gasteiger partial charge in [0.05, 0.1) is 16.0 Å². The maximum Gasteiger partial charge on any atom is 0.338 e. The fourth-order valence-electron chi connectivity index (χ4n) is 2.70. The number of thiazole rings is 1. The van der Waals surface area contributed by atoms with E-state index < -0.39 is 12.0 Å². The molecule has 1 aliphatic heterocycles. The third-order valence-electron chi connectivity index (χ3n) is 3.87. The second-order valence-electron chi connectivity index (χ2n) is 5.48. The van der Waals surface area contributed by atoms with Crippen LogP contribution in [0.2, 0.25) is 0 Å². The zero-order valence-corrected chi connectivity index (χ0v) is 14.1. The fraction of sp³-hybridized carbons (Fsp3) is 0.188. The van der Waals surface area contributed by atoms with Crippen molar-refractivity contribution in [3.05, 3.63) is 63.7 Å². The van der Waals surface area contributed by atoms with Gasteiger partial charge >= 0.3 is 5.97 Å². The molecule has 0 saturated carbocycles. The molecule has 25 heavy (non-hydrogen) atoms. The minimum Gasteiger partial charge on any atom is -0.457 e. The van der Waals surface area contributed by atoms with Gasteiger partial charge in [0.1, 0.15) is 12.6 Å². The number of carbonyl (C=O) groups is 1. The van der Waals surface area contributed by atoms with Crippen LogP contribution in [-0.4, -0.2) is 31.2 Å². The Morgan fingerprint density at radius 1 is 1.36 bits per heavy atom. The van der Waals surface area contributed by atoms with E-state index in [1.54, 1.807) is 16.4 Å². The average molecular weight is 354 g/mol. The highest BCUT2D eigenvalue weighted by molar-refractivity contribution is 7.09. The average Bonchev–Trinajstić information content (AvgIpc) is 3.31. The van der Waals surface area contributed by atoms with E-state index in [1.165, 1.54) is 11.3 Å². The largest absolute Gasteiger partial charge is 0.457 e. The van der Waals surface area contributed by atoms with Crippen molar-refractivity contribution in [2.75, 3.05) is 5.32 Å². The van der Waals surface area contributed by atoms with E-state index in [9.17, 15) is 4.79 Å². The predicted molar refractivity (Wildman–Crippen MR) is 90.6 cm³/mol. The number of hydrogen-bond donors (Lipinski definition) is 1. The molecule has 126 valence electrons. The van der Waals surface area contributed by atoms with Crippen LogP contribution < -0.4 is 5.32 Å². The number of benzene rings is 1. The highest BCUT2D eigenvalue weighted by Crippen LogP contribution is 2.36. The predicted octanol–water partition coefficient (Wildman–Crippen LogP) is 2.16. The summed E-state index contributed by atoms with van der Waals surface area (Å²) in [6.07, 6.45) is 1.71. The highest BCUT2D eigenvalue weighted by atomic mass is 32.1. The van der Waals surface area contributed by atoms with Crippen LogP contribution in [0.5, 0.6) is 0 Å². The highest BCUT2D eigenvalue weighted by Gasteiger charge is 2.35. The van der Waals surface area contributed by atoms with Crippen molar-refractivity contribution >= 4 is 23.3 Å². The summed E-state index contributed by atoms with van der Waals surface area (Å²) in [6, 6.07) is 9.10. The number of fused-ring (bicyclic) bond motifs is 1. The molecule has 3 aromatic rings. The number of carbonyl (C=O) groups excluding carboxylic acids is 1. The lowest BCUT2D eigenvalue weighted by molar-refractivity contribution is -0.140. The van der Waals surface area contributed by atoms with Gasteiger partial charge in [-0.3, -0.25) is 4.98 Å². The Morgan fingerprint density at radius 3 is 2.96 bits per heavy atom. The third-order valence-corrected chi connectivity index (χ3v) is 4.70. The molecule has 1 aliphatic rings. The quantitative estimate of drug-likeness (QED) is 0.717. The molecule has 0 fully saturated rings. The summed E-state index contributed by atoms with van der Waals surface area (Å²) >= 11 is 1.44. The molecule has 2 aromatic heterocycles. The number of aromatic nitrogens is 5. The molecule has 9 heteroatoms. The van der Waals surface area contributed by atoms with Crippen LogP contribution in [0.4, 0.5) is 5.95 Å². The van der Waals surface area contributed by atoms with Crippen LogP contribution >= 0.6 is 11.3 Å². The fourth-order valence-corrected chi connectivity index (χ4v) is 3.41. The van der Waals surface area contributed by atoms with Gasteiger partial charge in [-0.05, 0) is 22.9 Å². The van der Waals surface area contributed by atoms with Crippen molar-refractivity contribution in [3.8, 4) is 0 Å². The summed E-state index contributed by atoms with van der Waals surface area (Å²) < 4.78 is 7.09. The number of anilines is 1. The van der Waals surface area contributed by atoms with Gasteiger partial charge in [-0.1, -0.05) is 35.4 Å². The molecule has 0 radical (unpaired) electrons. The van der Waals surface area contributed by atoms with Crippen molar-refractivity contribution < 1.29 is 9.53 Å². The van der Waals surface area contributed by atoms with Gasteiger partial charge in [-0.25, -0.2) is 4.79 Å². The van der Waals surface area contributed by atoms with Gasteiger partial charge in [-0.2, -0.15) is 4.68 Å². The van der Waals surface area contributed by atoms with Crippen LogP contribution in [0.15, 0.2) is 53.3 Å². The number of tetrazole rings is 1. The van der Waals surface area contributed by atoms with E-state index >= 15 is 0 Å². The van der Waals surface area contributed by atoms with Gasteiger partial charge in [0.2, 0.25) is 5.95 Å². The number of rotatable bonds is 4. The first-order valence-electron chi connectivity index (χ1n) is 7.59. The zero-order chi connectivity index (χ0) is 17.2. The molecule has 0 amide bonds. The minimum absolute atomic E-state index is 0.203. The second kappa shape index (κ2) is 6.44. The molecule has 3 heterocycles. The number of nitrogens with zero attached hydrogens (tertiary/aromatic N) is 5. The standard InChI is InChI=1S/C16H14N6O2S/c1-10-13(15(23)24-8-11-5-3-2-4-6-11)14(12-7-17-9-25-12)22-16(18-10)19-20-21-22/h2-7,9,14H,8H2,1H3,(H,18,19,21). The van der Waals surface area contributed by atoms with Crippen molar-refractivity contribution in [1.29, 1.82) is 0 Å². The Labute approximate surface area is 147 Å². The number of ether oxygens (including phenoxy) is 1. The molecule has 0 saturated heterocycles. The van der Waals surface area contributed by atoms with E-state index in [2.05, 4.69) is 25.8 Å². The number of nitrogens with one attached hydrogen (secondary N) is 1. The monoisotopic (exact) mass is 354 g/mol. The molecular weight excluding hydrogens is 340 g/mol. The third kappa shape index (κ3) is 2.89. The lowest BCUT2D eigenvalue weighted by Gasteiger charge is -2.26.